The van der Waals surface area contributed by atoms with Gasteiger partial charge in [-0.1, -0.05) is 23.7 Å². The number of para-hydroxylation sites is 1. The van der Waals surface area contributed by atoms with Gasteiger partial charge in [0.15, 0.2) is 6.10 Å². The van der Waals surface area contributed by atoms with Crippen LogP contribution in [0.2, 0.25) is 5.02 Å². The number of anilines is 1. The highest BCUT2D eigenvalue weighted by atomic mass is 35.5. The Morgan fingerprint density at radius 1 is 1.17 bits per heavy atom. The van der Waals surface area contributed by atoms with Crippen molar-refractivity contribution in [1.82, 2.24) is 4.31 Å². The van der Waals surface area contributed by atoms with Gasteiger partial charge in [-0.25, -0.2) is 8.42 Å². The zero-order valence-electron chi connectivity index (χ0n) is 16.6. The van der Waals surface area contributed by atoms with Crippen molar-refractivity contribution in [2.24, 2.45) is 0 Å². The summed E-state index contributed by atoms with van der Waals surface area (Å²) in [6.45, 7) is 2.74. The van der Waals surface area contributed by atoms with Crippen molar-refractivity contribution in [1.29, 1.82) is 0 Å². The molecule has 0 radical (unpaired) electrons. The number of morpholine rings is 1. The summed E-state index contributed by atoms with van der Waals surface area (Å²) in [6.07, 6.45) is -0.855. The predicted octanol–water partition coefficient (Wildman–Crippen LogP) is 2.78. The van der Waals surface area contributed by atoms with E-state index in [1.807, 2.05) is 0 Å². The van der Waals surface area contributed by atoms with Crippen LogP contribution < -0.4 is 14.8 Å². The summed E-state index contributed by atoms with van der Waals surface area (Å²) in [7, 11) is -2.41. The number of carbonyl (C=O) groups is 1. The molecule has 8 nitrogen and oxygen atoms in total. The van der Waals surface area contributed by atoms with Crippen LogP contribution in [0.15, 0.2) is 47.4 Å². The molecule has 2 aromatic carbocycles. The van der Waals surface area contributed by atoms with Crippen LogP contribution >= 0.6 is 11.6 Å². The predicted molar refractivity (Wildman–Crippen MR) is 113 cm³/mol. The summed E-state index contributed by atoms with van der Waals surface area (Å²) >= 11 is 6.06. The summed E-state index contributed by atoms with van der Waals surface area (Å²) in [5.41, 5.74) is 0.308. The van der Waals surface area contributed by atoms with Crippen LogP contribution in [0, 0.1) is 0 Å². The van der Waals surface area contributed by atoms with Gasteiger partial charge in [0.05, 0.1) is 25.3 Å². The van der Waals surface area contributed by atoms with E-state index in [0.717, 1.165) is 0 Å². The van der Waals surface area contributed by atoms with Crippen molar-refractivity contribution in [2.45, 2.75) is 17.9 Å². The van der Waals surface area contributed by atoms with Gasteiger partial charge in [-0.3, -0.25) is 4.79 Å². The first-order chi connectivity index (χ1) is 14.3. The molecule has 1 fully saturated rings. The van der Waals surface area contributed by atoms with Gasteiger partial charge < -0.3 is 19.5 Å². The topological polar surface area (TPSA) is 94.2 Å². The molecule has 0 aliphatic carbocycles. The normalized spacial score (nSPS) is 16.0. The molecule has 1 saturated heterocycles. The molecule has 1 atom stereocenters. The van der Waals surface area contributed by atoms with E-state index in [2.05, 4.69) is 5.32 Å². The Morgan fingerprint density at radius 3 is 2.53 bits per heavy atom. The zero-order chi connectivity index (χ0) is 21.7. The highest BCUT2D eigenvalue weighted by Gasteiger charge is 2.30. The van der Waals surface area contributed by atoms with E-state index in [9.17, 15) is 13.2 Å². The van der Waals surface area contributed by atoms with Gasteiger partial charge in [-0.05, 0) is 37.3 Å². The van der Waals surface area contributed by atoms with Crippen molar-refractivity contribution in [3.05, 3.63) is 47.5 Å². The third-order valence-electron chi connectivity index (χ3n) is 4.53. The molecule has 0 saturated carbocycles. The van der Waals surface area contributed by atoms with Crippen molar-refractivity contribution >= 4 is 33.2 Å². The van der Waals surface area contributed by atoms with Crippen LogP contribution in [0.25, 0.3) is 0 Å². The number of methoxy groups -OCH3 is 1. The molecule has 1 heterocycles. The van der Waals surface area contributed by atoms with E-state index in [4.69, 9.17) is 25.8 Å². The number of sulfonamides is 1. The fraction of sp³-hybridized carbons (Fsp3) is 0.350. The minimum absolute atomic E-state index is 0.0237. The van der Waals surface area contributed by atoms with Crippen LogP contribution in [0.3, 0.4) is 0 Å². The molecule has 1 aliphatic heterocycles. The molecule has 10 heteroatoms. The van der Waals surface area contributed by atoms with Crippen molar-refractivity contribution < 1.29 is 27.4 Å². The van der Waals surface area contributed by atoms with Gasteiger partial charge in [-0.15, -0.1) is 0 Å². The average Bonchev–Trinajstić information content (AvgIpc) is 2.75. The first-order valence-electron chi connectivity index (χ1n) is 9.31. The third-order valence-corrected chi connectivity index (χ3v) is 6.76. The molecule has 30 heavy (non-hydrogen) atoms. The number of amides is 1. The van der Waals surface area contributed by atoms with E-state index >= 15 is 0 Å². The van der Waals surface area contributed by atoms with Gasteiger partial charge in [0, 0.05) is 18.8 Å². The van der Waals surface area contributed by atoms with Crippen LogP contribution in [0.1, 0.15) is 6.92 Å². The molecule has 1 amide bonds. The highest BCUT2D eigenvalue weighted by molar-refractivity contribution is 7.89. The quantitative estimate of drug-likeness (QED) is 0.691. The van der Waals surface area contributed by atoms with Crippen LogP contribution in [-0.2, 0) is 19.6 Å². The summed E-state index contributed by atoms with van der Waals surface area (Å²) in [5, 5.41) is 3.07. The lowest BCUT2D eigenvalue weighted by Gasteiger charge is -2.27. The lowest BCUT2D eigenvalue weighted by Crippen LogP contribution is -2.40. The van der Waals surface area contributed by atoms with E-state index in [-0.39, 0.29) is 23.7 Å². The number of rotatable bonds is 7. The molecule has 1 aliphatic rings. The van der Waals surface area contributed by atoms with Crippen molar-refractivity contribution in [3.63, 3.8) is 0 Å². The zero-order valence-corrected chi connectivity index (χ0v) is 18.2. The fourth-order valence-corrected chi connectivity index (χ4v) is 4.68. The lowest BCUT2D eigenvalue weighted by atomic mass is 10.2. The second-order valence-corrected chi connectivity index (χ2v) is 8.88. The summed E-state index contributed by atoms with van der Waals surface area (Å²) in [4.78, 5) is 12.5. The van der Waals surface area contributed by atoms with Gasteiger partial charge in [0.25, 0.3) is 5.91 Å². The third kappa shape index (κ3) is 5.04. The molecule has 2 aromatic rings. The molecular weight excluding hydrogens is 432 g/mol. The highest BCUT2D eigenvalue weighted by Crippen LogP contribution is 2.30. The number of carbonyl (C=O) groups excluding carboxylic acids is 1. The lowest BCUT2D eigenvalue weighted by molar-refractivity contribution is -0.122. The van der Waals surface area contributed by atoms with E-state index in [1.165, 1.54) is 23.5 Å². The largest absolute Gasteiger partial charge is 0.495 e. The average molecular weight is 455 g/mol. The maximum absolute atomic E-state index is 13.1. The number of nitrogens with zero attached hydrogens (tertiary/aromatic N) is 1. The van der Waals surface area contributed by atoms with E-state index in [1.54, 1.807) is 37.3 Å². The molecule has 3 rings (SSSR count). The fourth-order valence-electron chi connectivity index (χ4n) is 2.91. The number of benzene rings is 2. The van der Waals surface area contributed by atoms with Gasteiger partial charge >= 0.3 is 0 Å². The Hall–Kier alpha value is -2.33. The molecule has 0 aromatic heterocycles. The number of nitrogens with one attached hydrogen (secondary N) is 1. The van der Waals surface area contributed by atoms with Crippen molar-refractivity contribution in [3.8, 4) is 11.5 Å². The van der Waals surface area contributed by atoms with Gasteiger partial charge in [-0.2, -0.15) is 4.31 Å². The maximum atomic E-state index is 13.1. The summed E-state index contributed by atoms with van der Waals surface area (Å²) in [6, 6.07) is 11.3. The minimum Gasteiger partial charge on any atom is -0.495 e. The number of halogens is 1. The molecule has 1 N–H and O–H groups in total. The summed E-state index contributed by atoms with van der Waals surface area (Å²) < 4.78 is 43.5. The number of hydrogen-bond donors (Lipinski definition) is 1. The first-order valence-corrected chi connectivity index (χ1v) is 11.1. The second kappa shape index (κ2) is 9.65. The molecule has 0 bridgehead atoms. The monoisotopic (exact) mass is 454 g/mol. The standard InChI is InChI=1S/C20H23ClN2O6S/c1-14(29-17-6-4-3-5-16(17)21)20(24)22-15-7-8-18(27-2)19(13-15)30(25,26)23-9-11-28-12-10-23/h3-8,13-14H,9-12H2,1-2H3,(H,22,24). The molecule has 1 unspecified atom stereocenters. The molecular formula is C20H23ClN2O6S. The summed E-state index contributed by atoms with van der Waals surface area (Å²) in [5.74, 6) is 0.127. The molecule has 162 valence electrons. The number of hydrogen-bond acceptors (Lipinski definition) is 6. The van der Waals surface area contributed by atoms with Crippen LogP contribution in [-0.4, -0.2) is 58.1 Å². The smallest absolute Gasteiger partial charge is 0.265 e. The first kappa shape index (κ1) is 22.4. The second-order valence-electron chi connectivity index (χ2n) is 6.56. The Morgan fingerprint density at radius 2 is 1.87 bits per heavy atom. The Balaban J connectivity index is 1.79. The number of ether oxygens (including phenoxy) is 3. The van der Waals surface area contributed by atoms with Gasteiger partial charge in [0.1, 0.15) is 16.4 Å². The SMILES string of the molecule is COc1ccc(NC(=O)C(C)Oc2ccccc2Cl)cc1S(=O)(=O)N1CCOCC1. The Labute approximate surface area is 180 Å². The minimum atomic E-state index is -3.81. The van der Waals surface area contributed by atoms with Crippen LogP contribution in [0.5, 0.6) is 11.5 Å². The molecule has 0 spiro atoms. The van der Waals surface area contributed by atoms with Gasteiger partial charge in [0.2, 0.25) is 10.0 Å². The maximum Gasteiger partial charge on any atom is 0.265 e. The Bertz CT molecular complexity index is 1010. The van der Waals surface area contributed by atoms with E-state index < -0.39 is 22.0 Å². The van der Waals surface area contributed by atoms with Crippen LogP contribution in [0.4, 0.5) is 5.69 Å². The Kier molecular flexibility index (Phi) is 7.19. The van der Waals surface area contributed by atoms with Crippen molar-refractivity contribution in [2.75, 3.05) is 38.7 Å². The van der Waals surface area contributed by atoms with E-state index in [0.29, 0.717) is 29.7 Å².